The second-order valence-electron chi connectivity index (χ2n) is 32.2. The number of hydrogen-bond acceptors (Lipinski definition) is 22. The van der Waals surface area contributed by atoms with E-state index in [9.17, 15) is 110 Å². The number of amides is 14. The molecule has 0 saturated carbocycles. The number of primary amides is 1. The Morgan fingerprint density at radius 1 is 0.323 bits per heavy atom. The number of aliphatic carboxylic acids is 4. The number of carboxylic acid groups (broad SMARTS) is 4. The van der Waals surface area contributed by atoms with Crippen LogP contribution in [-0.4, -0.2) is 250 Å². The van der Waals surface area contributed by atoms with Gasteiger partial charge in [-0.2, -0.15) is 13.2 Å². The topological polar surface area (TPSA) is 751 Å². The van der Waals surface area contributed by atoms with Crippen molar-refractivity contribution in [3.8, 4) is 0 Å². The maximum Gasteiger partial charge on any atom is 0.490 e. The van der Waals surface area contributed by atoms with Gasteiger partial charge in [-0.1, -0.05) is 113 Å². The summed E-state index contributed by atoms with van der Waals surface area (Å²) in [6, 6.07) is -19.7. The quantitative estimate of drug-likeness (QED) is 0.0187. The van der Waals surface area contributed by atoms with E-state index in [-0.39, 0.29) is 107 Å². The molecule has 0 aliphatic carbocycles. The number of nitrogens with one attached hydrogen (secondary N) is 13. The van der Waals surface area contributed by atoms with Crippen LogP contribution in [0.5, 0.6) is 0 Å². The number of rotatable bonds is 67. The minimum Gasteiger partial charge on any atom is -0.481 e. The Morgan fingerprint density at radius 3 is 0.969 bits per heavy atom. The van der Waals surface area contributed by atoms with Gasteiger partial charge in [0.25, 0.3) is 0 Å². The highest BCUT2D eigenvalue weighted by molar-refractivity contribution is 6.01. The summed E-state index contributed by atoms with van der Waals surface area (Å²) in [5.74, 6) is -22.4. The van der Waals surface area contributed by atoms with Crippen molar-refractivity contribution in [1.29, 1.82) is 0 Å². The Hall–Kier alpha value is -11.3. The van der Waals surface area contributed by atoms with Crippen molar-refractivity contribution in [2.45, 2.75) is 340 Å². The second-order valence-corrected chi connectivity index (χ2v) is 32.2. The van der Waals surface area contributed by atoms with Gasteiger partial charge in [-0.25, -0.2) is 9.59 Å². The summed E-state index contributed by atoms with van der Waals surface area (Å²) in [7, 11) is 0. The van der Waals surface area contributed by atoms with Crippen LogP contribution in [0, 0.1) is 17.8 Å². The van der Waals surface area contributed by atoms with Gasteiger partial charge in [-0.3, -0.25) is 86.7 Å². The number of guanidine groups is 2. The number of carboxylic acids is 4. The minimum atomic E-state index is -5.08. The molecule has 31 N–H and O–H groups in total. The fourth-order valence-corrected chi connectivity index (χ4v) is 12.3. The Bertz CT molecular complexity index is 3570. The van der Waals surface area contributed by atoms with Crippen LogP contribution >= 0.6 is 0 Å². The molecular weight excluding hydrogens is 1680 g/mol. The van der Waals surface area contributed by atoms with Crippen LogP contribution in [0.1, 0.15) is 255 Å². The SMILES string of the molecule is CCCCCCCCCCCCCC(=O)N[C@@H](CCCCN)C(=O)N[C@@H](CCCCN)C(=O)N[C@@H](C)C(=O)N[C@@H](CC(C)C)C(=O)N[C@@H](CCCN=C(N)N)C(=O)N[C@@H](CCCN=C(N)N)C(=O)N[C@@H](CCC(N)=O)C(=O)N[C@@H](CCC(=O)O)C(=O)N[C@@H](C)C(=O)N[C@H](C(=O)N[C@@H](CC(=O)O)C(=O)N[C@@H](C)C(=O)N[C@@H](CC(C)C)C(=O)O)C(C)C.O=C(O)C(F)(F)F. The van der Waals surface area contributed by atoms with Gasteiger partial charge in [-0.15, -0.1) is 0 Å². The highest BCUT2D eigenvalue weighted by Crippen LogP contribution is 2.17. The molecule has 14 amide bonds. The van der Waals surface area contributed by atoms with Gasteiger partial charge in [0.05, 0.1) is 6.42 Å². The molecule has 0 aromatic carbocycles. The third-order valence-corrected chi connectivity index (χ3v) is 19.4. The summed E-state index contributed by atoms with van der Waals surface area (Å²) in [5.41, 5.74) is 39.4. The van der Waals surface area contributed by atoms with Crippen LogP contribution in [0.3, 0.4) is 0 Å². The minimum absolute atomic E-state index is 0.0126. The lowest BCUT2D eigenvalue weighted by Crippen LogP contribution is -2.61. The standard InChI is InChI=1S/C78H142N22O20.C2HF3O2/c1-11-12-13-14-15-16-17-18-19-20-21-32-60(102)91-50(28-22-24-37-79)69(112)92-51(29-23-25-38-80)67(110)88-47(8)64(107)97-56(41-44(2)3)74(117)94-53(31-27-40-87-78(84)85)70(113)93-52(30-26-39-86-77(82)83)71(114)95-54(33-35-59(81)101)72(115)96-55(34-36-61(103)104)68(111)89-49(10)66(109)100-63(46(6)7)75(118)98-57(43-62(105)106)73(116)90-48(9)65(108)99-58(76(119)120)42-45(4)5;3-2(4,5)1(6)7/h44-58,63H,11-43,79-80H2,1-10H3,(H2,81,101)(H,88,110)(H,89,111)(H,90,116)(H,91,102)(H,92,112)(H,93,113)(H,94,117)(H,95,114)(H,96,115)(H,97,107)(H,98,118)(H,99,108)(H,100,109)(H,103,104)(H,105,106)(H,119,120)(H4,82,83,86)(H4,84,85,87);(H,6,7)/t47-,48-,49-,50-,51-,52-,53-,54-,55-,56-,57-,58-,63-;/m0./s1. The van der Waals surface area contributed by atoms with Crippen molar-refractivity contribution in [3.05, 3.63) is 0 Å². The smallest absolute Gasteiger partial charge is 0.481 e. The number of nitrogens with zero attached hydrogens (tertiary/aromatic N) is 2. The highest BCUT2D eigenvalue weighted by atomic mass is 19.4. The monoisotopic (exact) mass is 1820 g/mol. The molecule has 127 heavy (non-hydrogen) atoms. The number of alkyl halides is 3. The van der Waals surface area contributed by atoms with E-state index >= 15 is 0 Å². The van der Waals surface area contributed by atoms with Crippen molar-refractivity contribution in [1.82, 2.24) is 69.1 Å². The molecular formula is C80H143F3N22O22. The van der Waals surface area contributed by atoms with Crippen molar-refractivity contribution < 1.29 is 120 Å². The lowest BCUT2D eigenvalue weighted by Gasteiger charge is -2.28. The van der Waals surface area contributed by atoms with Gasteiger partial charge >= 0.3 is 30.1 Å². The Morgan fingerprint density at radius 2 is 0.630 bits per heavy atom. The van der Waals surface area contributed by atoms with Crippen molar-refractivity contribution in [2.75, 3.05) is 26.2 Å². The molecule has 0 rings (SSSR count). The van der Waals surface area contributed by atoms with Gasteiger partial charge in [0, 0.05) is 32.4 Å². The molecule has 0 aliphatic heterocycles. The number of aliphatic imine (C=N–C) groups is 2. The van der Waals surface area contributed by atoms with Gasteiger partial charge in [0.15, 0.2) is 11.9 Å². The molecule has 0 heterocycles. The van der Waals surface area contributed by atoms with Gasteiger partial charge in [-0.05, 0) is 148 Å². The third kappa shape index (κ3) is 55.7. The maximum absolute atomic E-state index is 14.7. The zero-order valence-corrected chi connectivity index (χ0v) is 74.8. The van der Waals surface area contributed by atoms with Crippen molar-refractivity contribution >= 4 is 118 Å². The summed E-state index contributed by atoms with van der Waals surface area (Å²) in [4.78, 5) is 247. The molecule has 0 bridgehead atoms. The van der Waals surface area contributed by atoms with E-state index in [0.29, 0.717) is 38.6 Å². The van der Waals surface area contributed by atoms with Crippen LogP contribution in [0.2, 0.25) is 0 Å². The van der Waals surface area contributed by atoms with Gasteiger partial charge in [0.1, 0.15) is 78.5 Å². The largest absolute Gasteiger partial charge is 0.490 e. The van der Waals surface area contributed by atoms with Crippen molar-refractivity contribution in [3.63, 3.8) is 0 Å². The summed E-state index contributed by atoms with van der Waals surface area (Å²) < 4.78 is 31.7. The van der Waals surface area contributed by atoms with Crippen LogP contribution in [0.15, 0.2) is 9.98 Å². The molecule has 0 fully saturated rings. The lowest BCUT2D eigenvalue weighted by molar-refractivity contribution is -0.192. The maximum atomic E-state index is 14.7. The van der Waals surface area contributed by atoms with Crippen LogP contribution in [-0.2, 0) is 86.3 Å². The lowest BCUT2D eigenvalue weighted by atomic mass is 10.0. The number of carbonyl (C=O) groups is 18. The number of hydrogen-bond donors (Lipinski definition) is 24. The van der Waals surface area contributed by atoms with Gasteiger partial charge in [0.2, 0.25) is 82.7 Å². The van der Waals surface area contributed by atoms with E-state index in [4.69, 9.17) is 50.0 Å². The molecule has 0 radical (unpaired) electrons. The molecule has 0 saturated heterocycles. The number of carbonyl (C=O) groups excluding carboxylic acids is 14. The summed E-state index contributed by atoms with van der Waals surface area (Å²) in [6.07, 6.45) is 5.17. The van der Waals surface area contributed by atoms with Crippen molar-refractivity contribution in [2.24, 2.45) is 67.9 Å². The first-order valence-corrected chi connectivity index (χ1v) is 43.1. The summed E-state index contributed by atoms with van der Waals surface area (Å²) >= 11 is 0. The fraction of sp³-hybridized carbons (Fsp3) is 0.750. The average molecular weight is 1820 g/mol. The van der Waals surface area contributed by atoms with E-state index in [2.05, 4.69) is 86.0 Å². The molecule has 47 heteroatoms. The molecule has 44 nitrogen and oxygen atoms in total. The highest BCUT2D eigenvalue weighted by Gasteiger charge is 2.40. The van der Waals surface area contributed by atoms with Crippen LogP contribution in [0.4, 0.5) is 13.2 Å². The van der Waals surface area contributed by atoms with E-state index in [0.717, 1.165) is 32.6 Å². The molecule has 0 aromatic rings. The number of unbranched alkanes of at least 4 members (excludes halogenated alkanes) is 12. The normalized spacial score (nSPS) is 14.2. The third-order valence-electron chi connectivity index (χ3n) is 19.4. The Kier molecular flexibility index (Phi) is 60.5. The second kappa shape index (κ2) is 65.3. The first-order valence-electron chi connectivity index (χ1n) is 43.1. The molecule has 0 unspecified atom stereocenters. The fourth-order valence-electron chi connectivity index (χ4n) is 12.3. The predicted octanol–water partition coefficient (Wildman–Crippen LogP) is -1.51. The van der Waals surface area contributed by atoms with E-state index < -0.39 is 223 Å². The first kappa shape index (κ1) is 118. The first-order chi connectivity index (χ1) is 59.4. The zero-order valence-electron chi connectivity index (χ0n) is 74.8. The summed E-state index contributed by atoms with van der Waals surface area (Å²) in [5, 5.41) is 68.5. The Labute approximate surface area is 738 Å². The molecule has 0 aromatic heterocycles. The molecule has 0 spiro atoms. The number of halogens is 3. The van der Waals surface area contributed by atoms with Crippen LogP contribution in [0.25, 0.3) is 0 Å². The number of nitrogens with two attached hydrogens (primary N) is 7. The predicted molar refractivity (Wildman–Crippen MR) is 461 cm³/mol. The average Bonchev–Trinajstić information content (AvgIpc) is 0.859. The molecule has 726 valence electrons. The molecule has 13 atom stereocenters. The summed E-state index contributed by atoms with van der Waals surface area (Å²) in [6.45, 7) is 16.1. The van der Waals surface area contributed by atoms with E-state index in [1.165, 1.54) is 66.2 Å². The van der Waals surface area contributed by atoms with E-state index in [1.54, 1.807) is 27.7 Å². The van der Waals surface area contributed by atoms with Gasteiger partial charge < -0.3 is 130 Å². The van der Waals surface area contributed by atoms with E-state index in [1.807, 2.05) is 0 Å². The molecule has 0 aliphatic rings. The van der Waals surface area contributed by atoms with Crippen LogP contribution < -0.4 is 109 Å². The Balaban J connectivity index is 0. The zero-order chi connectivity index (χ0) is 97.2.